The number of benzene rings is 1. The van der Waals surface area contributed by atoms with Gasteiger partial charge in [-0.1, -0.05) is 28.1 Å². The van der Waals surface area contributed by atoms with Crippen LogP contribution in [0.25, 0.3) is 0 Å². The zero-order chi connectivity index (χ0) is 14.7. The molecule has 1 aliphatic rings. The molecule has 1 saturated heterocycles. The van der Waals surface area contributed by atoms with Crippen molar-refractivity contribution in [1.29, 1.82) is 0 Å². The van der Waals surface area contributed by atoms with E-state index in [0.717, 1.165) is 36.0 Å². The molecule has 2 aromatic rings. The molecule has 0 bridgehead atoms. The van der Waals surface area contributed by atoms with Crippen molar-refractivity contribution in [2.75, 3.05) is 18.0 Å². The molecule has 0 radical (unpaired) electrons. The second kappa shape index (κ2) is 6.58. The third kappa shape index (κ3) is 3.83. The van der Waals surface area contributed by atoms with Crippen LogP contribution in [0, 0.1) is 0 Å². The smallest absolute Gasteiger partial charge is 0.322 e. The molecule has 110 valence electrons. The van der Waals surface area contributed by atoms with E-state index in [4.69, 9.17) is 16.3 Å². The number of hydrogen-bond acceptors (Lipinski definition) is 5. The molecule has 0 unspecified atom stereocenters. The lowest BCUT2D eigenvalue weighted by molar-refractivity contribution is 0.280. The summed E-state index contributed by atoms with van der Waals surface area (Å²) in [6, 6.07) is 8.16. The normalized spacial score (nSPS) is 14.5. The minimum absolute atomic E-state index is 0.163. The highest BCUT2D eigenvalue weighted by Gasteiger charge is 2.17. The number of rotatable bonds is 4. The van der Waals surface area contributed by atoms with Gasteiger partial charge < -0.3 is 9.64 Å². The van der Waals surface area contributed by atoms with Gasteiger partial charge in [0.05, 0.1) is 0 Å². The largest absolute Gasteiger partial charge is 0.458 e. The quantitative estimate of drug-likeness (QED) is 0.826. The molecule has 1 aromatic carbocycles. The van der Waals surface area contributed by atoms with Crippen molar-refractivity contribution >= 4 is 33.5 Å². The van der Waals surface area contributed by atoms with Crippen molar-refractivity contribution < 1.29 is 4.74 Å². The first kappa shape index (κ1) is 14.5. The van der Waals surface area contributed by atoms with Crippen LogP contribution in [-0.4, -0.2) is 28.0 Å². The van der Waals surface area contributed by atoms with Gasteiger partial charge in [0.15, 0.2) is 0 Å². The van der Waals surface area contributed by atoms with Gasteiger partial charge in [0.25, 0.3) is 0 Å². The summed E-state index contributed by atoms with van der Waals surface area (Å²) in [6.45, 7) is 2.29. The van der Waals surface area contributed by atoms with Crippen LogP contribution in [0.15, 0.2) is 28.7 Å². The van der Waals surface area contributed by atoms with E-state index < -0.39 is 0 Å². The predicted molar refractivity (Wildman–Crippen MR) is 84.8 cm³/mol. The zero-order valence-corrected chi connectivity index (χ0v) is 13.6. The first-order valence-corrected chi connectivity index (χ1v) is 7.91. The lowest BCUT2D eigenvalue weighted by Gasteiger charge is -2.15. The molecule has 21 heavy (non-hydrogen) atoms. The van der Waals surface area contributed by atoms with E-state index in [2.05, 4.69) is 35.8 Å². The van der Waals surface area contributed by atoms with Crippen LogP contribution in [0.2, 0.25) is 5.28 Å². The van der Waals surface area contributed by atoms with Gasteiger partial charge in [-0.15, -0.1) is 0 Å². The summed E-state index contributed by atoms with van der Waals surface area (Å²) < 4.78 is 6.64. The minimum atomic E-state index is 0.163. The maximum absolute atomic E-state index is 5.96. The lowest BCUT2D eigenvalue weighted by Crippen LogP contribution is -2.21. The molecule has 0 amide bonds. The summed E-state index contributed by atoms with van der Waals surface area (Å²) in [5.74, 6) is 0.594. The Morgan fingerprint density at radius 2 is 2.00 bits per heavy atom. The van der Waals surface area contributed by atoms with E-state index in [9.17, 15) is 0 Å². The van der Waals surface area contributed by atoms with Gasteiger partial charge in [-0.05, 0) is 42.1 Å². The van der Waals surface area contributed by atoms with E-state index >= 15 is 0 Å². The fraction of sp³-hybridized carbons (Fsp3) is 0.357. The molecule has 1 aliphatic heterocycles. The van der Waals surface area contributed by atoms with Crippen molar-refractivity contribution in [3.8, 4) is 6.01 Å². The van der Waals surface area contributed by atoms with E-state index in [1.54, 1.807) is 0 Å². The molecule has 1 aromatic heterocycles. The standard InChI is InChI=1S/C14H14BrClN4O/c15-11-5-3-4-10(8-11)9-21-14-18-12(16)17-13(19-14)20-6-1-2-7-20/h3-5,8H,1-2,6-7,9H2. The molecule has 0 N–H and O–H groups in total. The van der Waals surface area contributed by atoms with Gasteiger partial charge in [-0.3, -0.25) is 0 Å². The number of hydrogen-bond donors (Lipinski definition) is 0. The van der Waals surface area contributed by atoms with E-state index in [1.165, 1.54) is 0 Å². The summed E-state index contributed by atoms with van der Waals surface area (Å²) in [5, 5.41) is 0.163. The Bertz CT molecular complexity index is 634. The number of ether oxygens (including phenoxy) is 1. The van der Waals surface area contributed by atoms with Gasteiger partial charge in [0, 0.05) is 17.6 Å². The van der Waals surface area contributed by atoms with Crippen molar-refractivity contribution in [2.45, 2.75) is 19.4 Å². The SMILES string of the molecule is Clc1nc(OCc2cccc(Br)c2)nc(N2CCCC2)n1. The van der Waals surface area contributed by atoms with E-state index in [-0.39, 0.29) is 11.3 Å². The molecule has 0 atom stereocenters. The van der Waals surface area contributed by atoms with Crippen LogP contribution >= 0.6 is 27.5 Å². The van der Waals surface area contributed by atoms with E-state index in [0.29, 0.717) is 12.6 Å². The molecule has 1 fully saturated rings. The molecule has 0 aliphatic carbocycles. The summed E-state index contributed by atoms with van der Waals surface area (Å²) in [6.07, 6.45) is 2.30. The molecular formula is C14H14BrClN4O. The van der Waals surface area contributed by atoms with Gasteiger partial charge in [0.1, 0.15) is 6.61 Å². The van der Waals surface area contributed by atoms with Gasteiger partial charge in [-0.25, -0.2) is 0 Å². The topological polar surface area (TPSA) is 51.1 Å². The summed E-state index contributed by atoms with van der Waals surface area (Å²) in [5.41, 5.74) is 1.03. The van der Waals surface area contributed by atoms with Crippen LogP contribution in [-0.2, 0) is 6.61 Å². The highest BCUT2D eigenvalue weighted by Crippen LogP contribution is 2.20. The molecule has 0 saturated carbocycles. The van der Waals surface area contributed by atoms with E-state index in [1.807, 2.05) is 24.3 Å². The first-order valence-electron chi connectivity index (χ1n) is 6.74. The summed E-state index contributed by atoms with van der Waals surface area (Å²) in [7, 11) is 0. The Labute approximate surface area is 136 Å². The van der Waals surface area contributed by atoms with Crippen LogP contribution in [0.3, 0.4) is 0 Å². The molecule has 7 heteroatoms. The molecule has 3 rings (SSSR count). The Kier molecular flexibility index (Phi) is 4.55. The van der Waals surface area contributed by atoms with Crippen LogP contribution < -0.4 is 9.64 Å². The number of halogens is 2. The predicted octanol–water partition coefficient (Wildman–Crippen LogP) is 3.47. The Morgan fingerprint density at radius 3 is 2.76 bits per heavy atom. The van der Waals surface area contributed by atoms with Gasteiger partial charge in [-0.2, -0.15) is 15.0 Å². The molecule has 2 heterocycles. The highest BCUT2D eigenvalue weighted by atomic mass is 79.9. The average Bonchev–Trinajstić information content (AvgIpc) is 2.99. The fourth-order valence-electron chi connectivity index (χ4n) is 2.22. The van der Waals surface area contributed by atoms with Crippen LogP contribution in [0.5, 0.6) is 6.01 Å². The van der Waals surface area contributed by atoms with Gasteiger partial charge >= 0.3 is 6.01 Å². The second-order valence-electron chi connectivity index (χ2n) is 4.80. The lowest BCUT2D eigenvalue weighted by atomic mass is 10.2. The van der Waals surface area contributed by atoms with Crippen LogP contribution in [0.4, 0.5) is 5.95 Å². The van der Waals surface area contributed by atoms with Crippen molar-refractivity contribution in [3.63, 3.8) is 0 Å². The third-order valence-electron chi connectivity index (χ3n) is 3.22. The second-order valence-corrected chi connectivity index (χ2v) is 6.05. The maximum atomic E-state index is 5.96. The third-order valence-corrected chi connectivity index (χ3v) is 3.88. The van der Waals surface area contributed by atoms with Crippen molar-refractivity contribution in [3.05, 3.63) is 39.6 Å². The first-order chi connectivity index (χ1) is 10.2. The monoisotopic (exact) mass is 368 g/mol. The van der Waals surface area contributed by atoms with Crippen molar-refractivity contribution in [2.24, 2.45) is 0 Å². The maximum Gasteiger partial charge on any atom is 0.322 e. The van der Waals surface area contributed by atoms with Crippen molar-refractivity contribution in [1.82, 2.24) is 15.0 Å². The minimum Gasteiger partial charge on any atom is -0.458 e. The van der Waals surface area contributed by atoms with Gasteiger partial charge in [0.2, 0.25) is 11.2 Å². The fourth-order valence-corrected chi connectivity index (χ4v) is 2.81. The number of aromatic nitrogens is 3. The zero-order valence-electron chi connectivity index (χ0n) is 11.3. The summed E-state index contributed by atoms with van der Waals surface area (Å²) >= 11 is 9.39. The Hall–Kier alpha value is -1.40. The highest BCUT2D eigenvalue weighted by molar-refractivity contribution is 9.10. The number of anilines is 1. The average molecular weight is 370 g/mol. The molecule has 5 nitrogen and oxygen atoms in total. The number of nitrogens with zero attached hydrogens (tertiary/aromatic N) is 4. The Morgan fingerprint density at radius 1 is 1.19 bits per heavy atom. The molecule has 0 spiro atoms. The van der Waals surface area contributed by atoms with Crippen LogP contribution in [0.1, 0.15) is 18.4 Å². The molecular weight excluding hydrogens is 356 g/mol. The summed E-state index contributed by atoms with van der Waals surface area (Å²) in [4.78, 5) is 14.6. The Balaban J connectivity index is 1.72.